The predicted octanol–water partition coefficient (Wildman–Crippen LogP) is 1.45. The average Bonchev–Trinajstić information content (AvgIpc) is 2.79. The molecule has 0 saturated heterocycles. The van der Waals surface area contributed by atoms with Gasteiger partial charge in [0.2, 0.25) is 0 Å². The molecule has 1 aromatic carbocycles. The monoisotopic (exact) mass is 306 g/mol. The summed E-state index contributed by atoms with van der Waals surface area (Å²) in [5.41, 5.74) is 8.19. The lowest BCUT2D eigenvalue weighted by atomic mass is 10.0. The molecule has 0 atom stereocenters. The van der Waals surface area contributed by atoms with Crippen LogP contribution in [-0.2, 0) is 23.5 Å². The van der Waals surface area contributed by atoms with Gasteiger partial charge in [0.25, 0.3) is 10.0 Å². The molecule has 7 heteroatoms. The number of hydrogen-bond donors (Lipinski definition) is 1. The Balaban J connectivity index is 2.12. The summed E-state index contributed by atoms with van der Waals surface area (Å²) in [6, 6.07) is 5.39. The first kappa shape index (κ1) is 13.9. The highest BCUT2D eigenvalue weighted by atomic mass is 32.2. The first-order valence-corrected chi connectivity index (χ1v) is 8.25. The molecule has 0 fully saturated rings. The van der Waals surface area contributed by atoms with Gasteiger partial charge in [-0.3, -0.25) is 4.31 Å². The molecule has 0 amide bonds. The third kappa shape index (κ3) is 2.17. The summed E-state index contributed by atoms with van der Waals surface area (Å²) >= 11 is 0. The van der Waals surface area contributed by atoms with Crippen molar-refractivity contribution in [3.05, 3.63) is 35.8 Å². The zero-order valence-electron chi connectivity index (χ0n) is 12.1. The third-order valence-electron chi connectivity index (χ3n) is 3.89. The van der Waals surface area contributed by atoms with Gasteiger partial charge in [0, 0.05) is 25.5 Å². The summed E-state index contributed by atoms with van der Waals surface area (Å²) in [7, 11) is -1.87. The number of sulfonamides is 1. The molecule has 0 unspecified atom stereocenters. The van der Waals surface area contributed by atoms with Crippen molar-refractivity contribution < 1.29 is 8.42 Å². The Morgan fingerprint density at radius 1 is 1.33 bits per heavy atom. The van der Waals surface area contributed by atoms with Crippen LogP contribution in [-0.4, -0.2) is 24.5 Å². The molecular formula is C14H18N4O2S. The fourth-order valence-corrected chi connectivity index (χ4v) is 4.20. The number of rotatable bonds is 2. The van der Waals surface area contributed by atoms with Gasteiger partial charge in [0.15, 0.2) is 5.03 Å². The molecular weight excluding hydrogens is 288 g/mol. The largest absolute Gasteiger partial charge is 0.398 e. The van der Waals surface area contributed by atoms with Crippen LogP contribution in [0, 0.1) is 6.92 Å². The maximum Gasteiger partial charge on any atom is 0.283 e. The molecule has 21 heavy (non-hydrogen) atoms. The van der Waals surface area contributed by atoms with Crippen molar-refractivity contribution >= 4 is 21.4 Å². The standard InChI is InChI=1S/C14H18N4O2S/c1-10-16-14(9-17(10)2)21(19,20)18-8-4-5-11-12(15)6-3-7-13(11)18/h3,6-7,9H,4-5,8,15H2,1-2H3. The van der Waals surface area contributed by atoms with E-state index in [9.17, 15) is 8.42 Å². The molecule has 1 aliphatic rings. The fraction of sp³-hybridized carbons (Fsp3) is 0.357. The minimum Gasteiger partial charge on any atom is -0.398 e. The van der Waals surface area contributed by atoms with Crippen LogP contribution in [0.1, 0.15) is 17.8 Å². The molecule has 1 aliphatic heterocycles. The molecule has 0 radical (unpaired) electrons. The fourth-order valence-electron chi connectivity index (χ4n) is 2.63. The number of anilines is 2. The number of hydrogen-bond acceptors (Lipinski definition) is 4. The number of nitrogen functional groups attached to an aromatic ring is 1. The van der Waals surface area contributed by atoms with Crippen molar-refractivity contribution in [3.8, 4) is 0 Å². The van der Waals surface area contributed by atoms with Crippen molar-refractivity contribution in [3.63, 3.8) is 0 Å². The minimum atomic E-state index is -3.65. The van der Waals surface area contributed by atoms with E-state index in [0.717, 1.165) is 18.4 Å². The lowest BCUT2D eigenvalue weighted by Crippen LogP contribution is -2.36. The molecule has 6 nitrogen and oxygen atoms in total. The number of aryl methyl sites for hydroxylation is 2. The summed E-state index contributed by atoms with van der Waals surface area (Å²) < 4.78 is 28.8. The molecule has 1 aromatic heterocycles. The van der Waals surface area contributed by atoms with Gasteiger partial charge >= 0.3 is 0 Å². The average molecular weight is 306 g/mol. The molecule has 0 aliphatic carbocycles. The van der Waals surface area contributed by atoms with Crippen LogP contribution in [0.5, 0.6) is 0 Å². The zero-order chi connectivity index (χ0) is 15.2. The predicted molar refractivity (Wildman–Crippen MR) is 81.7 cm³/mol. The minimum absolute atomic E-state index is 0.0813. The van der Waals surface area contributed by atoms with Gasteiger partial charge in [-0.2, -0.15) is 8.42 Å². The summed E-state index contributed by atoms with van der Waals surface area (Å²) in [6.07, 6.45) is 3.10. The van der Waals surface area contributed by atoms with E-state index in [2.05, 4.69) is 4.98 Å². The van der Waals surface area contributed by atoms with Gasteiger partial charge in [0.1, 0.15) is 5.82 Å². The van der Waals surface area contributed by atoms with Crippen LogP contribution in [0.4, 0.5) is 11.4 Å². The highest BCUT2D eigenvalue weighted by Crippen LogP contribution is 2.34. The highest BCUT2D eigenvalue weighted by Gasteiger charge is 2.31. The van der Waals surface area contributed by atoms with Crippen molar-refractivity contribution in [1.82, 2.24) is 9.55 Å². The van der Waals surface area contributed by atoms with Crippen LogP contribution < -0.4 is 10.0 Å². The molecule has 0 spiro atoms. The van der Waals surface area contributed by atoms with Gasteiger partial charge in [0.05, 0.1) is 5.69 Å². The first-order chi connectivity index (χ1) is 9.91. The number of fused-ring (bicyclic) bond motifs is 1. The van der Waals surface area contributed by atoms with E-state index in [0.29, 0.717) is 23.7 Å². The second-order valence-electron chi connectivity index (χ2n) is 5.26. The van der Waals surface area contributed by atoms with Gasteiger partial charge in [-0.1, -0.05) is 6.07 Å². The molecule has 2 heterocycles. The smallest absolute Gasteiger partial charge is 0.283 e. The lowest BCUT2D eigenvalue weighted by Gasteiger charge is -2.30. The van der Waals surface area contributed by atoms with Crippen LogP contribution >= 0.6 is 0 Å². The van der Waals surface area contributed by atoms with E-state index in [1.165, 1.54) is 4.31 Å². The summed E-state index contributed by atoms with van der Waals surface area (Å²) in [5, 5.41) is 0.0813. The number of benzene rings is 1. The Kier molecular flexibility index (Phi) is 3.16. The molecule has 3 rings (SSSR count). The third-order valence-corrected chi connectivity index (χ3v) is 5.57. The Labute approximate surface area is 124 Å². The van der Waals surface area contributed by atoms with Crippen LogP contribution in [0.25, 0.3) is 0 Å². The Hall–Kier alpha value is -2.02. The second kappa shape index (κ2) is 4.77. The van der Waals surface area contributed by atoms with Crippen LogP contribution in [0.15, 0.2) is 29.4 Å². The first-order valence-electron chi connectivity index (χ1n) is 6.81. The quantitative estimate of drug-likeness (QED) is 0.852. The zero-order valence-corrected chi connectivity index (χ0v) is 12.9. The van der Waals surface area contributed by atoms with Crippen molar-refractivity contribution in [2.75, 3.05) is 16.6 Å². The number of imidazole rings is 1. The van der Waals surface area contributed by atoms with Gasteiger partial charge in [-0.25, -0.2) is 4.98 Å². The van der Waals surface area contributed by atoms with Gasteiger partial charge in [-0.05, 0) is 37.5 Å². The lowest BCUT2D eigenvalue weighted by molar-refractivity contribution is 0.583. The van der Waals surface area contributed by atoms with Crippen molar-refractivity contribution in [1.29, 1.82) is 0 Å². The van der Waals surface area contributed by atoms with E-state index >= 15 is 0 Å². The van der Waals surface area contributed by atoms with Crippen molar-refractivity contribution in [2.24, 2.45) is 7.05 Å². The second-order valence-corrected chi connectivity index (χ2v) is 7.07. The maximum absolute atomic E-state index is 12.8. The van der Waals surface area contributed by atoms with E-state index in [4.69, 9.17) is 5.73 Å². The Bertz CT molecular complexity index is 776. The Morgan fingerprint density at radius 2 is 2.10 bits per heavy atom. The summed E-state index contributed by atoms with van der Waals surface area (Å²) in [6.45, 7) is 2.23. The summed E-state index contributed by atoms with van der Waals surface area (Å²) in [5.74, 6) is 0.665. The number of nitrogens with two attached hydrogens (primary N) is 1. The molecule has 2 N–H and O–H groups in total. The number of nitrogens with zero attached hydrogens (tertiary/aromatic N) is 3. The highest BCUT2D eigenvalue weighted by molar-refractivity contribution is 7.92. The van der Waals surface area contributed by atoms with E-state index < -0.39 is 10.0 Å². The van der Waals surface area contributed by atoms with E-state index in [1.54, 1.807) is 42.9 Å². The number of aromatic nitrogens is 2. The molecule has 112 valence electrons. The van der Waals surface area contributed by atoms with Crippen LogP contribution in [0.2, 0.25) is 0 Å². The van der Waals surface area contributed by atoms with Crippen molar-refractivity contribution in [2.45, 2.75) is 24.8 Å². The van der Waals surface area contributed by atoms with E-state index in [1.807, 2.05) is 0 Å². The van der Waals surface area contributed by atoms with E-state index in [-0.39, 0.29) is 5.03 Å². The topological polar surface area (TPSA) is 81.2 Å². The van der Waals surface area contributed by atoms with Gasteiger partial charge < -0.3 is 10.3 Å². The molecule has 2 aromatic rings. The molecule has 0 bridgehead atoms. The normalized spacial score (nSPS) is 15.0. The Morgan fingerprint density at radius 3 is 2.76 bits per heavy atom. The maximum atomic E-state index is 12.8. The van der Waals surface area contributed by atoms with Gasteiger partial charge in [-0.15, -0.1) is 0 Å². The molecule has 0 saturated carbocycles. The SMILES string of the molecule is Cc1nc(S(=O)(=O)N2CCCc3c(N)cccc32)cn1C. The van der Waals surface area contributed by atoms with Crippen LogP contribution in [0.3, 0.4) is 0 Å². The summed E-state index contributed by atoms with van der Waals surface area (Å²) in [4.78, 5) is 4.15.